The third kappa shape index (κ3) is 4.45. The zero-order chi connectivity index (χ0) is 20.9. The van der Waals surface area contributed by atoms with Crippen molar-refractivity contribution >= 4 is 39.9 Å². The lowest BCUT2D eigenvalue weighted by molar-refractivity contribution is -0.129. The predicted molar refractivity (Wildman–Crippen MR) is 121 cm³/mol. The van der Waals surface area contributed by atoms with Gasteiger partial charge in [-0.05, 0) is 42.8 Å². The van der Waals surface area contributed by atoms with Crippen LogP contribution < -0.4 is 5.56 Å². The number of aromatic nitrogens is 2. The van der Waals surface area contributed by atoms with Crippen molar-refractivity contribution in [3.05, 3.63) is 57.0 Å². The van der Waals surface area contributed by atoms with E-state index in [2.05, 4.69) is 11.4 Å². The van der Waals surface area contributed by atoms with E-state index in [-0.39, 0.29) is 23.3 Å². The minimum Gasteiger partial charge on any atom is -0.385 e. The molecule has 1 saturated heterocycles. The highest BCUT2D eigenvalue weighted by Gasteiger charge is 2.30. The highest BCUT2D eigenvalue weighted by atomic mass is 32.2. The van der Waals surface area contributed by atoms with E-state index in [0.717, 1.165) is 19.4 Å². The Kier molecular flexibility index (Phi) is 6.86. The lowest BCUT2D eigenvalue weighted by Crippen LogP contribution is -2.32. The van der Waals surface area contributed by atoms with Gasteiger partial charge in [0.15, 0.2) is 5.16 Å². The van der Waals surface area contributed by atoms with E-state index in [9.17, 15) is 9.59 Å². The zero-order valence-electron chi connectivity index (χ0n) is 17.0. The molecule has 8 heteroatoms. The maximum atomic E-state index is 13.0. The second kappa shape index (κ2) is 9.76. The molecule has 1 aliphatic heterocycles. The normalized spacial score (nSPS) is 16.4. The van der Waals surface area contributed by atoms with Gasteiger partial charge in [0.05, 0.1) is 22.7 Å². The number of methoxy groups -OCH3 is 1. The van der Waals surface area contributed by atoms with E-state index in [4.69, 9.17) is 9.72 Å². The number of fused-ring (bicyclic) bond motifs is 1. The number of likely N-dealkylation sites (tertiary alicyclic amines) is 1. The lowest BCUT2D eigenvalue weighted by Gasteiger charge is -2.24. The van der Waals surface area contributed by atoms with Crippen LogP contribution in [0.1, 0.15) is 30.2 Å². The number of benzene rings is 1. The van der Waals surface area contributed by atoms with E-state index in [1.165, 1.54) is 16.6 Å². The molecule has 0 radical (unpaired) electrons. The zero-order valence-corrected chi connectivity index (χ0v) is 18.6. The van der Waals surface area contributed by atoms with Crippen LogP contribution in [0.5, 0.6) is 0 Å². The molecule has 1 aliphatic rings. The van der Waals surface area contributed by atoms with Gasteiger partial charge in [-0.1, -0.05) is 30.0 Å². The number of nitrogens with zero attached hydrogens (tertiary/aromatic N) is 3. The van der Waals surface area contributed by atoms with Gasteiger partial charge >= 0.3 is 0 Å². The van der Waals surface area contributed by atoms with Crippen LogP contribution in [0.4, 0.5) is 0 Å². The molecule has 2 aromatic heterocycles. The van der Waals surface area contributed by atoms with E-state index in [0.29, 0.717) is 35.6 Å². The number of hydrogen-bond donors (Lipinski definition) is 0. The number of carbonyl (C=O) groups excluding carboxylic acids is 1. The fourth-order valence-electron chi connectivity index (χ4n) is 3.87. The number of amides is 1. The van der Waals surface area contributed by atoms with Gasteiger partial charge in [-0.25, -0.2) is 4.98 Å². The Hall–Kier alpha value is -2.16. The largest absolute Gasteiger partial charge is 0.385 e. The number of para-hydroxylation sites is 1. The average molecular weight is 444 g/mol. The van der Waals surface area contributed by atoms with Crippen LogP contribution in [-0.4, -0.2) is 46.4 Å². The van der Waals surface area contributed by atoms with Gasteiger partial charge in [0, 0.05) is 31.7 Å². The summed E-state index contributed by atoms with van der Waals surface area (Å²) in [4.78, 5) is 34.0. The molecule has 1 amide bonds. The Morgan fingerprint density at radius 1 is 1.30 bits per heavy atom. The van der Waals surface area contributed by atoms with Crippen molar-refractivity contribution in [2.45, 2.75) is 37.0 Å². The Morgan fingerprint density at radius 2 is 2.17 bits per heavy atom. The first-order valence-corrected chi connectivity index (χ1v) is 12.0. The molecule has 158 valence electrons. The summed E-state index contributed by atoms with van der Waals surface area (Å²) in [7, 11) is 1.65. The third-order valence-electron chi connectivity index (χ3n) is 5.33. The quantitative estimate of drug-likeness (QED) is 0.300. The molecular weight excluding hydrogens is 418 g/mol. The molecule has 3 aromatic rings. The summed E-state index contributed by atoms with van der Waals surface area (Å²) < 4.78 is 6.82. The van der Waals surface area contributed by atoms with Gasteiger partial charge in [0.2, 0.25) is 5.91 Å². The summed E-state index contributed by atoms with van der Waals surface area (Å²) in [6, 6.07) is 11.7. The Morgan fingerprint density at radius 3 is 2.97 bits per heavy atom. The highest BCUT2D eigenvalue weighted by Crippen LogP contribution is 2.35. The fourth-order valence-corrected chi connectivity index (χ4v) is 5.66. The first kappa shape index (κ1) is 21.1. The Bertz CT molecular complexity index is 1070. The van der Waals surface area contributed by atoms with Gasteiger partial charge < -0.3 is 9.64 Å². The molecule has 0 spiro atoms. The van der Waals surface area contributed by atoms with Crippen molar-refractivity contribution in [1.82, 2.24) is 14.5 Å². The van der Waals surface area contributed by atoms with Crippen molar-refractivity contribution in [2.75, 3.05) is 26.0 Å². The summed E-state index contributed by atoms with van der Waals surface area (Å²) in [5.74, 6) is 0.374. The van der Waals surface area contributed by atoms with E-state index < -0.39 is 0 Å². The second-order valence-electron chi connectivity index (χ2n) is 7.26. The van der Waals surface area contributed by atoms with Crippen LogP contribution in [0.3, 0.4) is 0 Å². The number of hydrogen-bond acceptors (Lipinski definition) is 6. The van der Waals surface area contributed by atoms with Crippen molar-refractivity contribution in [3.8, 4) is 0 Å². The maximum absolute atomic E-state index is 13.0. The molecule has 4 rings (SSSR count). The number of rotatable bonds is 8. The van der Waals surface area contributed by atoms with Crippen LogP contribution in [0.25, 0.3) is 10.9 Å². The summed E-state index contributed by atoms with van der Waals surface area (Å²) in [6.45, 7) is 1.87. The summed E-state index contributed by atoms with van der Waals surface area (Å²) in [5.41, 5.74) is 0.599. The maximum Gasteiger partial charge on any atom is 0.262 e. The minimum absolute atomic E-state index is 0.0655. The fraction of sp³-hybridized carbons (Fsp3) is 0.409. The first-order chi connectivity index (χ1) is 14.7. The molecule has 0 unspecified atom stereocenters. The standard InChI is InChI=1S/C22H25N3O3S2/c1-28-13-6-12-25-21(27)16-7-2-3-8-17(16)23-22(25)30-15-20(26)24-11-4-9-18(24)19-10-5-14-29-19/h2-3,5,7-8,10,14,18H,4,6,9,11-13,15H2,1H3/t18-/m1/s1. The minimum atomic E-state index is -0.0655. The smallest absolute Gasteiger partial charge is 0.262 e. The van der Waals surface area contributed by atoms with Crippen LogP contribution >= 0.6 is 23.1 Å². The highest BCUT2D eigenvalue weighted by molar-refractivity contribution is 7.99. The molecule has 1 aromatic carbocycles. The van der Waals surface area contributed by atoms with Gasteiger partial charge in [0.25, 0.3) is 5.56 Å². The SMILES string of the molecule is COCCCn1c(SCC(=O)N2CCC[C@@H]2c2cccs2)nc2ccccc2c1=O. The second-order valence-corrected chi connectivity index (χ2v) is 9.19. The van der Waals surface area contributed by atoms with Crippen LogP contribution in [0.15, 0.2) is 51.7 Å². The molecule has 0 saturated carbocycles. The molecule has 1 fully saturated rings. The number of carbonyl (C=O) groups is 1. The Labute approximate surface area is 183 Å². The summed E-state index contributed by atoms with van der Waals surface area (Å²) >= 11 is 3.05. The molecule has 30 heavy (non-hydrogen) atoms. The van der Waals surface area contributed by atoms with Gasteiger partial charge in [-0.15, -0.1) is 11.3 Å². The molecule has 1 atom stereocenters. The topological polar surface area (TPSA) is 64.4 Å². The van der Waals surface area contributed by atoms with Gasteiger partial charge in [-0.2, -0.15) is 0 Å². The first-order valence-electron chi connectivity index (χ1n) is 10.1. The molecule has 0 bridgehead atoms. The van der Waals surface area contributed by atoms with Crippen molar-refractivity contribution < 1.29 is 9.53 Å². The molecule has 3 heterocycles. The van der Waals surface area contributed by atoms with E-state index in [1.54, 1.807) is 29.1 Å². The summed E-state index contributed by atoms with van der Waals surface area (Å²) in [6.07, 6.45) is 2.74. The van der Waals surface area contributed by atoms with Crippen LogP contribution in [-0.2, 0) is 16.1 Å². The van der Waals surface area contributed by atoms with Crippen molar-refractivity contribution in [1.29, 1.82) is 0 Å². The third-order valence-corrected chi connectivity index (χ3v) is 7.26. The number of thiophene rings is 1. The van der Waals surface area contributed by atoms with Gasteiger partial charge in [0.1, 0.15) is 0 Å². The predicted octanol–water partition coefficient (Wildman–Crippen LogP) is 3.95. The monoisotopic (exact) mass is 443 g/mol. The van der Waals surface area contributed by atoms with E-state index >= 15 is 0 Å². The van der Waals surface area contributed by atoms with Crippen LogP contribution in [0, 0.1) is 0 Å². The lowest BCUT2D eigenvalue weighted by atomic mass is 10.2. The van der Waals surface area contributed by atoms with Crippen LogP contribution in [0.2, 0.25) is 0 Å². The number of thioether (sulfide) groups is 1. The molecule has 6 nitrogen and oxygen atoms in total. The average Bonchev–Trinajstić information content (AvgIpc) is 3.45. The van der Waals surface area contributed by atoms with Crippen molar-refractivity contribution in [3.63, 3.8) is 0 Å². The number of ether oxygens (including phenoxy) is 1. The molecular formula is C22H25N3O3S2. The molecule has 0 N–H and O–H groups in total. The summed E-state index contributed by atoms with van der Waals surface area (Å²) in [5, 5.41) is 3.25. The molecule has 0 aliphatic carbocycles. The van der Waals surface area contributed by atoms with Crippen molar-refractivity contribution in [2.24, 2.45) is 0 Å². The van der Waals surface area contributed by atoms with E-state index in [1.807, 2.05) is 29.2 Å². The van der Waals surface area contributed by atoms with Gasteiger partial charge in [-0.3, -0.25) is 14.2 Å². The Balaban J connectivity index is 1.54.